The lowest BCUT2D eigenvalue weighted by atomic mass is 10.1. The molecule has 1 fully saturated rings. The smallest absolute Gasteiger partial charge is 0.229 e. The average Bonchev–Trinajstić information content (AvgIpc) is 3.02. The number of nitrogens with one attached hydrogen (secondary N) is 1. The van der Waals surface area contributed by atoms with Crippen molar-refractivity contribution in [3.63, 3.8) is 0 Å². The first kappa shape index (κ1) is 17.0. The molecular formula is C20H22N2O3. The topological polar surface area (TPSA) is 58.6 Å². The first-order valence-corrected chi connectivity index (χ1v) is 8.42. The number of carbonyl (C=O) groups excluding carboxylic acids is 2. The second-order valence-electron chi connectivity index (χ2n) is 6.19. The van der Waals surface area contributed by atoms with Gasteiger partial charge in [-0.15, -0.1) is 0 Å². The van der Waals surface area contributed by atoms with Crippen molar-refractivity contribution in [2.24, 2.45) is 5.92 Å². The van der Waals surface area contributed by atoms with Crippen LogP contribution in [0.15, 0.2) is 54.6 Å². The van der Waals surface area contributed by atoms with Crippen LogP contribution >= 0.6 is 0 Å². The number of hydrogen-bond donors (Lipinski definition) is 1. The van der Waals surface area contributed by atoms with E-state index in [0.717, 1.165) is 12.2 Å². The van der Waals surface area contributed by atoms with E-state index in [1.54, 1.807) is 36.3 Å². The predicted octanol–water partition coefficient (Wildman–Crippen LogP) is 2.72. The van der Waals surface area contributed by atoms with Crippen LogP contribution in [0.3, 0.4) is 0 Å². The normalized spacial score (nSPS) is 16.8. The second-order valence-corrected chi connectivity index (χ2v) is 6.19. The van der Waals surface area contributed by atoms with Crippen LogP contribution < -0.4 is 10.1 Å². The molecule has 0 bridgehead atoms. The molecule has 2 aromatic rings. The van der Waals surface area contributed by atoms with Crippen LogP contribution in [0.4, 0.5) is 5.69 Å². The van der Waals surface area contributed by atoms with Crippen molar-refractivity contribution in [3.8, 4) is 5.75 Å². The molecule has 1 heterocycles. The van der Waals surface area contributed by atoms with E-state index in [0.29, 0.717) is 18.8 Å². The summed E-state index contributed by atoms with van der Waals surface area (Å²) >= 11 is 0. The molecule has 3 rings (SSSR count). The Balaban J connectivity index is 1.53. The summed E-state index contributed by atoms with van der Waals surface area (Å²) in [6.07, 6.45) is 1.08. The van der Waals surface area contributed by atoms with Crippen molar-refractivity contribution in [1.82, 2.24) is 4.90 Å². The van der Waals surface area contributed by atoms with Gasteiger partial charge in [0.15, 0.2) is 0 Å². The standard InChI is InChI=1S/C20H22N2O3/c1-25-18-9-7-17(8-10-18)21-20(24)16-13-19(23)22(14-16)12-11-15-5-3-2-4-6-15/h2-10,16H,11-14H2,1H3,(H,21,24)/t16-/m1/s1. The molecule has 0 aromatic heterocycles. The van der Waals surface area contributed by atoms with Crippen LogP contribution in [-0.4, -0.2) is 36.9 Å². The number of hydrogen-bond acceptors (Lipinski definition) is 3. The van der Waals surface area contributed by atoms with Crippen molar-refractivity contribution in [3.05, 3.63) is 60.2 Å². The molecule has 0 aliphatic carbocycles. The largest absolute Gasteiger partial charge is 0.497 e. The van der Waals surface area contributed by atoms with Crippen LogP contribution in [0.25, 0.3) is 0 Å². The number of amides is 2. The van der Waals surface area contributed by atoms with Gasteiger partial charge >= 0.3 is 0 Å². The fourth-order valence-electron chi connectivity index (χ4n) is 2.99. The molecule has 0 unspecified atom stereocenters. The Labute approximate surface area is 147 Å². The van der Waals surface area contributed by atoms with Crippen LogP contribution in [0.2, 0.25) is 0 Å². The number of rotatable bonds is 6. The summed E-state index contributed by atoms with van der Waals surface area (Å²) in [6, 6.07) is 17.2. The van der Waals surface area contributed by atoms with Gasteiger partial charge in [0.2, 0.25) is 11.8 Å². The molecule has 1 saturated heterocycles. The van der Waals surface area contributed by atoms with Crippen molar-refractivity contribution >= 4 is 17.5 Å². The molecule has 5 nitrogen and oxygen atoms in total. The summed E-state index contributed by atoms with van der Waals surface area (Å²) in [5.41, 5.74) is 1.91. The molecule has 1 aliphatic rings. The fraction of sp³-hybridized carbons (Fsp3) is 0.300. The Hall–Kier alpha value is -2.82. The first-order valence-electron chi connectivity index (χ1n) is 8.42. The quantitative estimate of drug-likeness (QED) is 0.881. The molecule has 1 atom stereocenters. The van der Waals surface area contributed by atoms with E-state index in [-0.39, 0.29) is 24.2 Å². The number of ether oxygens (including phenoxy) is 1. The van der Waals surface area contributed by atoms with E-state index in [9.17, 15) is 9.59 Å². The highest BCUT2D eigenvalue weighted by atomic mass is 16.5. The minimum absolute atomic E-state index is 0.0470. The Bertz CT molecular complexity index is 728. The highest BCUT2D eigenvalue weighted by Gasteiger charge is 2.33. The van der Waals surface area contributed by atoms with Gasteiger partial charge in [-0.25, -0.2) is 0 Å². The SMILES string of the molecule is COc1ccc(NC(=O)[C@@H]2CC(=O)N(CCc3ccccc3)C2)cc1. The molecule has 1 aliphatic heterocycles. The number of benzene rings is 2. The summed E-state index contributed by atoms with van der Waals surface area (Å²) < 4.78 is 5.10. The Morgan fingerprint density at radius 3 is 2.56 bits per heavy atom. The third-order valence-corrected chi connectivity index (χ3v) is 4.46. The van der Waals surface area contributed by atoms with Gasteiger partial charge in [0.05, 0.1) is 13.0 Å². The summed E-state index contributed by atoms with van der Waals surface area (Å²) in [6.45, 7) is 1.13. The van der Waals surface area contributed by atoms with E-state index < -0.39 is 0 Å². The zero-order valence-corrected chi connectivity index (χ0v) is 14.3. The maximum Gasteiger partial charge on any atom is 0.229 e. The van der Waals surface area contributed by atoms with Crippen LogP contribution in [0.5, 0.6) is 5.75 Å². The lowest BCUT2D eigenvalue weighted by Gasteiger charge is -2.16. The number of anilines is 1. The minimum atomic E-state index is -0.301. The Morgan fingerprint density at radius 1 is 1.16 bits per heavy atom. The van der Waals surface area contributed by atoms with Crippen LogP contribution in [-0.2, 0) is 16.0 Å². The molecule has 5 heteroatoms. The molecule has 0 radical (unpaired) electrons. The monoisotopic (exact) mass is 338 g/mol. The van der Waals surface area contributed by atoms with Gasteiger partial charge in [-0.2, -0.15) is 0 Å². The van der Waals surface area contributed by atoms with Crippen LogP contribution in [0.1, 0.15) is 12.0 Å². The molecule has 0 saturated carbocycles. The van der Waals surface area contributed by atoms with E-state index in [2.05, 4.69) is 17.4 Å². The van der Waals surface area contributed by atoms with E-state index in [1.807, 2.05) is 18.2 Å². The third-order valence-electron chi connectivity index (χ3n) is 4.46. The molecular weight excluding hydrogens is 316 g/mol. The summed E-state index contributed by atoms with van der Waals surface area (Å²) in [5.74, 6) is 0.373. The Morgan fingerprint density at radius 2 is 1.88 bits per heavy atom. The number of nitrogens with zero attached hydrogens (tertiary/aromatic N) is 1. The van der Waals surface area contributed by atoms with Gasteiger partial charge in [-0.1, -0.05) is 30.3 Å². The van der Waals surface area contributed by atoms with Crippen molar-refractivity contribution < 1.29 is 14.3 Å². The van der Waals surface area contributed by atoms with Crippen LogP contribution in [0, 0.1) is 5.92 Å². The predicted molar refractivity (Wildman–Crippen MR) is 96.5 cm³/mol. The van der Waals surface area contributed by atoms with Crippen molar-refractivity contribution in [2.45, 2.75) is 12.8 Å². The maximum atomic E-state index is 12.4. The molecule has 1 N–H and O–H groups in total. The number of carbonyl (C=O) groups is 2. The number of methoxy groups -OCH3 is 1. The fourth-order valence-corrected chi connectivity index (χ4v) is 2.99. The van der Waals surface area contributed by atoms with E-state index in [4.69, 9.17) is 4.74 Å². The summed E-state index contributed by atoms with van der Waals surface area (Å²) in [7, 11) is 1.60. The van der Waals surface area contributed by atoms with Gasteiger partial charge < -0.3 is 15.0 Å². The molecule has 130 valence electrons. The Kier molecular flexibility index (Phi) is 5.33. The summed E-state index contributed by atoms with van der Waals surface area (Å²) in [5, 5.41) is 2.88. The third kappa shape index (κ3) is 4.38. The lowest BCUT2D eigenvalue weighted by Crippen LogP contribution is -2.30. The van der Waals surface area contributed by atoms with Gasteiger partial charge in [0, 0.05) is 25.2 Å². The first-order chi connectivity index (χ1) is 12.2. The van der Waals surface area contributed by atoms with Gasteiger partial charge in [-0.3, -0.25) is 9.59 Å². The minimum Gasteiger partial charge on any atom is -0.497 e. The number of likely N-dealkylation sites (tertiary alicyclic amines) is 1. The molecule has 0 spiro atoms. The lowest BCUT2D eigenvalue weighted by molar-refractivity contribution is -0.128. The van der Waals surface area contributed by atoms with Crippen molar-refractivity contribution in [1.29, 1.82) is 0 Å². The van der Waals surface area contributed by atoms with Gasteiger partial charge in [0.1, 0.15) is 5.75 Å². The average molecular weight is 338 g/mol. The highest BCUT2D eigenvalue weighted by molar-refractivity contribution is 5.97. The molecule has 25 heavy (non-hydrogen) atoms. The van der Waals surface area contributed by atoms with E-state index >= 15 is 0 Å². The summed E-state index contributed by atoms with van der Waals surface area (Å²) in [4.78, 5) is 26.4. The second kappa shape index (κ2) is 7.83. The molecule has 2 aromatic carbocycles. The van der Waals surface area contributed by atoms with Gasteiger partial charge in [0.25, 0.3) is 0 Å². The van der Waals surface area contributed by atoms with E-state index in [1.165, 1.54) is 5.56 Å². The van der Waals surface area contributed by atoms with Crippen molar-refractivity contribution in [2.75, 3.05) is 25.5 Å². The van der Waals surface area contributed by atoms with Gasteiger partial charge in [-0.05, 0) is 36.2 Å². The zero-order chi connectivity index (χ0) is 17.6. The zero-order valence-electron chi connectivity index (χ0n) is 14.3. The molecule has 2 amide bonds. The maximum absolute atomic E-state index is 12.4. The highest BCUT2D eigenvalue weighted by Crippen LogP contribution is 2.21.